The molecular formula is C22H24N4O2S. The van der Waals surface area contributed by atoms with Crippen LogP contribution < -0.4 is 10.9 Å². The number of aromatic nitrogens is 3. The molecule has 0 bridgehead atoms. The maximum absolute atomic E-state index is 12.3. The number of aromatic amines is 1. The average molecular weight is 409 g/mol. The fourth-order valence-corrected chi connectivity index (χ4v) is 3.31. The fourth-order valence-electron chi connectivity index (χ4n) is 2.71. The smallest absolute Gasteiger partial charge is 0.273 e. The van der Waals surface area contributed by atoms with Crippen molar-refractivity contribution in [1.82, 2.24) is 15.2 Å². The molecule has 1 heterocycles. The Hall–Kier alpha value is -2.93. The van der Waals surface area contributed by atoms with Gasteiger partial charge in [0.25, 0.3) is 5.56 Å². The highest BCUT2D eigenvalue weighted by molar-refractivity contribution is 7.99. The molecule has 0 saturated carbocycles. The maximum atomic E-state index is 12.3. The van der Waals surface area contributed by atoms with Gasteiger partial charge in [-0.2, -0.15) is 0 Å². The number of carbonyl (C=O) groups excluding carboxylic acids is 1. The highest BCUT2D eigenvalue weighted by Gasteiger charge is 2.09. The Labute approximate surface area is 174 Å². The highest BCUT2D eigenvalue weighted by atomic mass is 32.2. The van der Waals surface area contributed by atoms with E-state index in [2.05, 4.69) is 46.5 Å². The third kappa shape index (κ3) is 6.02. The molecule has 0 fully saturated rings. The van der Waals surface area contributed by atoms with Gasteiger partial charge in [0, 0.05) is 12.1 Å². The van der Waals surface area contributed by atoms with E-state index in [1.165, 1.54) is 5.56 Å². The molecule has 2 N–H and O–H groups in total. The van der Waals surface area contributed by atoms with Crippen LogP contribution in [0.3, 0.4) is 0 Å². The number of hydrogen-bond donors (Lipinski definition) is 2. The van der Waals surface area contributed by atoms with E-state index in [-0.39, 0.29) is 17.2 Å². The standard InChI is InChI=1S/C22H24N4O2S/c1-14(2)17-8-6-16(7-9-17)12-19-21(28)24-22(26-25-19)29-13-20(27)23-18-10-4-15(3)5-11-18/h4-11,14H,12-13H2,1-3H3,(H,23,27)(H,24,26,28). The van der Waals surface area contributed by atoms with Gasteiger partial charge in [-0.15, -0.1) is 10.2 Å². The molecule has 1 amide bonds. The van der Waals surface area contributed by atoms with Crippen molar-refractivity contribution in [2.24, 2.45) is 0 Å². The molecule has 0 spiro atoms. The van der Waals surface area contributed by atoms with Crippen LogP contribution in [-0.4, -0.2) is 26.8 Å². The summed E-state index contributed by atoms with van der Waals surface area (Å²) in [6, 6.07) is 15.7. The minimum Gasteiger partial charge on any atom is -0.325 e. The number of nitrogens with one attached hydrogen (secondary N) is 2. The van der Waals surface area contributed by atoms with E-state index in [4.69, 9.17) is 0 Å². The zero-order chi connectivity index (χ0) is 20.8. The second kappa shape index (κ2) is 9.52. The Morgan fingerprint density at radius 1 is 1.07 bits per heavy atom. The van der Waals surface area contributed by atoms with Crippen molar-refractivity contribution in [3.8, 4) is 0 Å². The van der Waals surface area contributed by atoms with Gasteiger partial charge in [-0.05, 0) is 36.1 Å². The van der Waals surface area contributed by atoms with Gasteiger partial charge in [0.15, 0.2) is 5.16 Å². The Bertz CT molecular complexity index is 1030. The maximum Gasteiger partial charge on any atom is 0.273 e. The normalized spacial score (nSPS) is 10.9. The number of carbonyl (C=O) groups is 1. The van der Waals surface area contributed by atoms with E-state index in [1.54, 1.807) is 0 Å². The van der Waals surface area contributed by atoms with Crippen LogP contribution in [0.15, 0.2) is 58.5 Å². The molecule has 7 heteroatoms. The highest BCUT2D eigenvalue weighted by Crippen LogP contribution is 2.16. The molecule has 3 rings (SSSR count). The first kappa shape index (κ1) is 20.8. The van der Waals surface area contributed by atoms with Crippen molar-refractivity contribution in [3.63, 3.8) is 0 Å². The van der Waals surface area contributed by atoms with E-state index >= 15 is 0 Å². The molecule has 0 aliphatic heterocycles. The number of aryl methyl sites for hydroxylation is 1. The number of nitrogens with zero attached hydrogens (tertiary/aromatic N) is 2. The summed E-state index contributed by atoms with van der Waals surface area (Å²) in [7, 11) is 0. The summed E-state index contributed by atoms with van der Waals surface area (Å²) in [6.45, 7) is 6.27. The van der Waals surface area contributed by atoms with Gasteiger partial charge in [-0.25, -0.2) is 0 Å². The van der Waals surface area contributed by atoms with Gasteiger partial charge in [0.2, 0.25) is 5.91 Å². The number of H-pyrrole nitrogens is 1. The molecule has 0 aliphatic carbocycles. The molecule has 1 aromatic heterocycles. The predicted octanol–water partition coefficient (Wildman–Crippen LogP) is 3.92. The Kier molecular flexibility index (Phi) is 6.82. The minimum atomic E-state index is -0.283. The van der Waals surface area contributed by atoms with Crippen molar-refractivity contribution in [2.75, 3.05) is 11.1 Å². The monoisotopic (exact) mass is 408 g/mol. The van der Waals surface area contributed by atoms with Crippen molar-refractivity contribution < 1.29 is 4.79 Å². The molecule has 150 valence electrons. The van der Waals surface area contributed by atoms with Crippen LogP contribution in [0.1, 0.15) is 42.1 Å². The summed E-state index contributed by atoms with van der Waals surface area (Å²) in [5, 5.41) is 11.2. The first-order chi connectivity index (χ1) is 13.9. The topological polar surface area (TPSA) is 87.7 Å². The van der Waals surface area contributed by atoms with Crippen molar-refractivity contribution in [1.29, 1.82) is 0 Å². The fraction of sp³-hybridized carbons (Fsp3) is 0.273. The average Bonchev–Trinajstić information content (AvgIpc) is 2.70. The van der Waals surface area contributed by atoms with Gasteiger partial charge in [-0.1, -0.05) is 67.6 Å². The van der Waals surface area contributed by atoms with E-state index in [0.717, 1.165) is 28.6 Å². The lowest BCUT2D eigenvalue weighted by Crippen LogP contribution is -2.19. The van der Waals surface area contributed by atoms with Crippen LogP contribution in [-0.2, 0) is 11.2 Å². The Balaban J connectivity index is 1.56. The molecule has 0 unspecified atom stereocenters. The lowest BCUT2D eigenvalue weighted by Gasteiger charge is -2.07. The Morgan fingerprint density at radius 2 is 1.76 bits per heavy atom. The van der Waals surface area contributed by atoms with Crippen LogP contribution in [0.5, 0.6) is 0 Å². The van der Waals surface area contributed by atoms with Gasteiger partial charge in [-0.3, -0.25) is 14.6 Å². The lowest BCUT2D eigenvalue weighted by molar-refractivity contribution is -0.113. The first-order valence-electron chi connectivity index (χ1n) is 9.45. The number of benzene rings is 2. The van der Waals surface area contributed by atoms with E-state index in [1.807, 2.05) is 43.3 Å². The zero-order valence-electron chi connectivity index (χ0n) is 16.7. The Morgan fingerprint density at radius 3 is 2.38 bits per heavy atom. The van der Waals surface area contributed by atoms with E-state index < -0.39 is 0 Å². The number of anilines is 1. The van der Waals surface area contributed by atoms with Crippen LogP contribution >= 0.6 is 11.8 Å². The minimum absolute atomic E-state index is 0.133. The van der Waals surface area contributed by atoms with Crippen LogP contribution in [0.2, 0.25) is 0 Å². The first-order valence-corrected chi connectivity index (χ1v) is 10.4. The summed E-state index contributed by atoms with van der Waals surface area (Å²) >= 11 is 1.14. The third-order valence-corrected chi connectivity index (χ3v) is 5.30. The second-order valence-electron chi connectivity index (χ2n) is 7.18. The molecule has 6 nitrogen and oxygen atoms in total. The number of rotatable bonds is 7. The molecule has 0 atom stereocenters. The summed E-state index contributed by atoms with van der Waals surface area (Å²) in [5.41, 5.74) is 4.20. The quantitative estimate of drug-likeness (QED) is 0.579. The molecule has 0 saturated heterocycles. The SMILES string of the molecule is Cc1ccc(NC(=O)CSc2nnc(Cc3ccc(C(C)C)cc3)c(=O)[nH]2)cc1. The summed E-state index contributed by atoms with van der Waals surface area (Å²) < 4.78 is 0. The molecule has 29 heavy (non-hydrogen) atoms. The van der Waals surface area contributed by atoms with Crippen LogP contribution in [0, 0.1) is 6.92 Å². The summed E-state index contributed by atoms with van der Waals surface area (Å²) in [6.07, 6.45) is 0.416. The second-order valence-corrected chi connectivity index (χ2v) is 8.15. The van der Waals surface area contributed by atoms with E-state index in [9.17, 15) is 9.59 Å². The van der Waals surface area contributed by atoms with Gasteiger partial charge < -0.3 is 5.32 Å². The van der Waals surface area contributed by atoms with Gasteiger partial charge >= 0.3 is 0 Å². The third-order valence-electron chi connectivity index (χ3n) is 4.44. The number of amides is 1. The molecule has 0 aliphatic rings. The molecule has 2 aromatic carbocycles. The summed E-state index contributed by atoms with van der Waals surface area (Å²) in [4.78, 5) is 27.1. The van der Waals surface area contributed by atoms with Crippen LogP contribution in [0.25, 0.3) is 0 Å². The largest absolute Gasteiger partial charge is 0.325 e. The van der Waals surface area contributed by atoms with Crippen LogP contribution in [0.4, 0.5) is 5.69 Å². The van der Waals surface area contributed by atoms with Crippen molar-refractivity contribution in [3.05, 3.63) is 81.3 Å². The van der Waals surface area contributed by atoms with Gasteiger partial charge in [0.05, 0.1) is 5.75 Å². The summed E-state index contributed by atoms with van der Waals surface area (Å²) in [5.74, 6) is 0.427. The molecule has 3 aromatic rings. The number of hydrogen-bond acceptors (Lipinski definition) is 5. The van der Waals surface area contributed by atoms with Crippen molar-refractivity contribution >= 4 is 23.4 Å². The lowest BCUT2D eigenvalue weighted by atomic mass is 10.0. The van der Waals surface area contributed by atoms with Crippen molar-refractivity contribution in [2.45, 2.75) is 38.3 Å². The predicted molar refractivity (Wildman–Crippen MR) is 117 cm³/mol. The molecular weight excluding hydrogens is 384 g/mol. The van der Waals surface area contributed by atoms with E-state index in [0.29, 0.717) is 23.2 Å². The zero-order valence-corrected chi connectivity index (χ0v) is 17.5. The van der Waals surface area contributed by atoms with Gasteiger partial charge in [0.1, 0.15) is 5.69 Å². The molecule has 0 radical (unpaired) electrons. The number of thioether (sulfide) groups is 1.